The van der Waals surface area contributed by atoms with Crippen molar-refractivity contribution in [2.45, 2.75) is 19.5 Å². The lowest BCUT2D eigenvalue weighted by Gasteiger charge is -2.33. The molecule has 1 unspecified atom stereocenters. The van der Waals surface area contributed by atoms with Gasteiger partial charge in [0.2, 0.25) is 0 Å². The molecule has 3 nitrogen and oxygen atoms in total. The van der Waals surface area contributed by atoms with Gasteiger partial charge in [-0.25, -0.2) is 0 Å². The molecule has 0 aromatic heterocycles. The lowest BCUT2D eigenvalue weighted by atomic mass is 10.1. The van der Waals surface area contributed by atoms with E-state index >= 15 is 0 Å². The fourth-order valence-electron chi connectivity index (χ4n) is 1.88. The number of phenolic OH excluding ortho intramolecular Hbond substituents is 1. The van der Waals surface area contributed by atoms with Crippen LogP contribution in [0.5, 0.6) is 5.75 Å². The molecule has 0 saturated carbocycles. The number of hydrogen-bond acceptors (Lipinski definition) is 3. The average molecular weight is 242 g/mol. The van der Waals surface area contributed by atoms with Gasteiger partial charge in [-0.15, -0.1) is 0 Å². The molecule has 0 bridgehead atoms. The molecule has 0 spiro atoms. The molecular formula is C12H16ClNO2. The first-order chi connectivity index (χ1) is 7.66. The fraction of sp³-hybridized carbons (Fsp3) is 0.500. The second-order valence-corrected chi connectivity index (χ2v) is 4.59. The number of ether oxygens (including phenoxy) is 1. The number of nitrogens with zero attached hydrogens (tertiary/aromatic N) is 1. The van der Waals surface area contributed by atoms with Gasteiger partial charge in [-0.1, -0.05) is 17.7 Å². The number of hydrogen-bond donors (Lipinski definition) is 1. The molecule has 0 radical (unpaired) electrons. The molecule has 88 valence electrons. The summed E-state index contributed by atoms with van der Waals surface area (Å²) in [6.45, 7) is 5.52. The molecule has 1 aromatic carbocycles. The summed E-state index contributed by atoms with van der Waals surface area (Å²) in [6, 6.07) is 5.80. The van der Waals surface area contributed by atoms with Crippen LogP contribution >= 0.6 is 11.6 Å². The second-order valence-electron chi connectivity index (χ2n) is 4.18. The van der Waals surface area contributed by atoms with Gasteiger partial charge in [-0.2, -0.15) is 0 Å². The van der Waals surface area contributed by atoms with E-state index in [4.69, 9.17) is 16.3 Å². The van der Waals surface area contributed by atoms with E-state index in [1.54, 1.807) is 6.07 Å². The molecule has 1 N–H and O–H groups in total. The van der Waals surface area contributed by atoms with E-state index in [2.05, 4.69) is 11.8 Å². The Morgan fingerprint density at radius 3 is 3.06 bits per heavy atom. The Morgan fingerprint density at radius 2 is 2.38 bits per heavy atom. The highest BCUT2D eigenvalue weighted by atomic mass is 35.5. The highest BCUT2D eigenvalue weighted by molar-refractivity contribution is 6.32. The molecule has 1 fully saturated rings. The third-order valence-corrected chi connectivity index (χ3v) is 3.21. The lowest BCUT2D eigenvalue weighted by Crippen LogP contribution is -2.42. The maximum Gasteiger partial charge on any atom is 0.134 e. The Balaban J connectivity index is 2.05. The van der Waals surface area contributed by atoms with E-state index < -0.39 is 0 Å². The molecule has 1 aliphatic rings. The first kappa shape index (κ1) is 11.7. The zero-order valence-corrected chi connectivity index (χ0v) is 10.1. The van der Waals surface area contributed by atoms with Crippen molar-refractivity contribution in [3.05, 3.63) is 28.8 Å². The van der Waals surface area contributed by atoms with Gasteiger partial charge in [0, 0.05) is 19.1 Å². The predicted octanol–water partition coefficient (Wildman–Crippen LogP) is 2.27. The summed E-state index contributed by atoms with van der Waals surface area (Å²) in [5.41, 5.74) is 1.12. The maximum absolute atomic E-state index is 9.34. The Labute approximate surface area is 101 Å². The molecule has 1 aromatic rings. The SMILES string of the molecule is CC1COCCN1Cc1ccc(O)c(Cl)c1. The van der Waals surface area contributed by atoms with Crippen molar-refractivity contribution in [3.63, 3.8) is 0 Å². The summed E-state index contributed by atoms with van der Waals surface area (Å²) >= 11 is 5.87. The van der Waals surface area contributed by atoms with Crippen molar-refractivity contribution in [3.8, 4) is 5.75 Å². The Morgan fingerprint density at radius 1 is 1.56 bits per heavy atom. The highest BCUT2D eigenvalue weighted by Gasteiger charge is 2.18. The standard InChI is InChI=1S/C12H16ClNO2/c1-9-8-16-5-4-14(9)7-10-2-3-12(15)11(13)6-10/h2-3,6,9,15H,4-5,7-8H2,1H3. The van der Waals surface area contributed by atoms with Crippen molar-refractivity contribution in [2.75, 3.05) is 19.8 Å². The van der Waals surface area contributed by atoms with Crippen molar-refractivity contribution in [2.24, 2.45) is 0 Å². The minimum atomic E-state index is 0.139. The van der Waals surface area contributed by atoms with Crippen LogP contribution in [-0.2, 0) is 11.3 Å². The first-order valence-corrected chi connectivity index (χ1v) is 5.84. The number of rotatable bonds is 2. The molecule has 1 aliphatic heterocycles. The van der Waals surface area contributed by atoms with E-state index in [1.807, 2.05) is 12.1 Å². The van der Waals surface area contributed by atoms with Crippen molar-refractivity contribution < 1.29 is 9.84 Å². The van der Waals surface area contributed by atoms with Gasteiger partial charge >= 0.3 is 0 Å². The van der Waals surface area contributed by atoms with Gasteiger partial charge in [-0.3, -0.25) is 4.90 Å². The van der Waals surface area contributed by atoms with Gasteiger partial charge in [0.15, 0.2) is 0 Å². The number of aromatic hydroxyl groups is 1. The number of halogens is 1. The number of benzene rings is 1. The molecule has 4 heteroatoms. The van der Waals surface area contributed by atoms with Gasteiger partial charge in [0.1, 0.15) is 5.75 Å². The third-order valence-electron chi connectivity index (χ3n) is 2.90. The van der Waals surface area contributed by atoms with Gasteiger partial charge in [0.05, 0.1) is 18.2 Å². The van der Waals surface area contributed by atoms with Crippen molar-refractivity contribution in [1.29, 1.82) is 0 Å². The monoisotopic (exact) mass is 241 g/mol. The summed E-state index contributed by atoms with van der Waals surface area (Å²) in [4.78, 5) is 2.35. The van der Waals surface area contributed by atoms with Crippen LogP contribution in [0.25, 0.3) is 0 Å². The predicted molar refractivity (Wildman–Crippen MR) is 63.8 cm³/mol. The molecule has 0 amide bonds. The molecular weight excluding hydrogens is 226 g/mol. The average Bonchev–Trinajstić information content (AvgIpc) is 2.27. The summed E-state index contributed by atoms with van der Waals surface area (Å²) in [6.07, 6.45) is 0. The van der Waals surface area contributed by atoms with E-state index in [-0.39, 0.29) is 5.75 Å². The van der Waals surface area contributed by atoms with Crippen LogP contribution in [0.2, 0.25) is 5.02 Å². The zero-order chi connectivity index (χ0) is 11.5. The Kier molecular flexibility index (Phi) is 3.69. The lowest BCUT2D eigenvalue weighted by molar-refractivity contribution is -0.00437. The molecule has 1 atom stereocenters. The van der Waals surface area contributed by atoms with Crippen LogP contribution in [0, 0.1) is 0 Å². The molecule has 2 rings (SSSR count). The van der Waals surface area contributed by atoms with Gasteiger partial charge < -0.3 is 9.84 Å². The van der Waals surface area contributed by atoms with E-state index in [9.17, 15) is 5.11 Å². The highest BCUT2D eigenvalue weighted by Crippen LogP contribution is 2.24. The topological polar surface area (TPSA) is 32.7 Å². The normalized spacial score (nSPS) is 22.2. The van der Waals surface area contributed by atoms with Crippen molar-refractivity contribution >= 4 is 11.6 Å². The smallest absolute Gasteiger partial charge is 0.134 e. The summed E-state index contributed by atoms with van der Waals surface area (Å²) in [5, 5.41) is 9.75. The van der Waals surface area contributed by atoms with Gasteiger partial charge in [-0.05, 0) is 24.6 Å². The fourth-order valence-corrected chi connectivity index (χ4v) is 2.08. The van der Waals surface area contributed by atoms with Crippen LogP contribution in [-0.4, -0.2) is 35.8 Å². The maximum atomic E-state index is 9.34. The summed E-state index contributed by atoms with van der Waals surface area (Å²) in [5.74, 6) is 0.139. The summed E-state index contributed by atoms with van der Waals surface area (Å²) < 4.78 is 5.38. The Bertz CT molecular complexity index is 370. The minimum absolute atomic E-state index is 0.139. The van der Waals surface area contributed by atoms with Crippen LogP contribution in [0.1, 0.15) is 12.5 Å². The molecule has 1 heterocycles. The van der Waals surface area contributed by atoms with E-state index in [0.29, 0.717) is 11.1 Å². The second kappa shape index (κ2) is 5.04. The molecule has 16 heavy (non-hydrogen) atoms. The van der Waals surface area contributed by atoms with Gasteiger partial charge in [0.25, 0.3) is 0 Å². The molecule has 1 saturated heterocycles. The van der Waals surface area contributed by atoms with Crippen molar-refractivity contribution in [1.82, 2.24) is 4.90 Å². The minimum Gasteiger partial charge on any atom is -0.506 e. The van der Waals surface area contributed by atoms with E-state index in [0.717, 1.165) is 31.9 Å². The quantitative estimate of drug-likeness (QED) is 0.862. The number of morpholine rings is 1. The summed E-state index contributed by atoms with van der Waals surface area (Å²) in [7, 11) is 0. The van der Waals surface area contributed by atoms with Crippen LogP contribution in [0.4, 0.5) is 0 Å². The van der Waals surface area contributed by atoms with Crippen LogP contribution < -0.4 is 0 Å². The first-order valence-electron chi connectivity index (χ1n) is 5.46. The number of phenols is 1. The molecule has 0 aliphatic carbocycles. The van der Waals surface area contributed by atoms with Crippen LogP contribution in [0.3, 0.4) is 0 Å². The van der Waals surface area contributed by atoms with Crippen LogP contribution in [0.15, 0.2) is 18.2 Å². The third kappa shape index (κ3) is 2.67. The van der Waals surface area contributed by atoms with E-state index in [1.165, 1.54) is 0 Å². The Hall–Kier alpha value is -0.770. The largest absolute Gasteiger partial charge is 0.506 e. The zero-order valence-electron chi connectivity index (χ0n) is 9.32.